The topological polar surface area (TPSA) is 64.1 Å². The summed E-state index contributed by atoms with van der Waals surface area (Å²) in [6.07, 6.45) is 3.15. The Morgan fingerprint density at radius 2 is 1.93 bits per heavy atom. The van der Waals surface area contributed by atoms with Gasteiger partial charge >= 0.3 is 0 Å². The largest absolute Gasteiger partial charge is 0.381 e. The van der Waals surface area contributed by atoms with Crippen molar-refractivity contribution in [3.63, 3.8) is 0 Å². The van der Waals surface area contributed by atoms with Crippen molar-refractivity contribution in [3.8, 4) is 10.7 Å². The fourth-order valence-electron chi connectivity index (χ4n) is 3.45. The third kappa shape index (κ3) is 3.81. The smallest absolute Gasteiger partial charge is 0.263 e. The molecule has 2 aromatic heterocycles. The number of aromatic nitrogens is 2. The number of rotatable bonds is 4. The number of pyridine rings is 1. The van der Waals surface area contributed by atoms with E-state index in [1.165, 1.54) is 11.3 Å². The average Bonchev–Trinajstić information content (AvgIpc) is 3.12. The van der Waals surface area contributed by atoms with Gasteiger partial charge in [0.05, 0.1) is 16.9 Å². The summed E-state index contributed by atoms with van der Waals surface area (Å²) in [6, 6.07) is 13.3. The zero-order chi connectivity index (χ0) is 19.6. The van der Waals surface area contributed by atoms with E-state index in [4.69, 9.17) is 16.3 Å². The molecule has 0 atom stereocenters. The number of hydrogen-bond acceptors (Lipinski definition) is 5. The maximum Gasteiger partial charge on any atom is 0.263 e. The summed E-state index contributed by atoms with van der Waals surface area (Å²) in [6.45, 7) is 3.06. The van der Waals surface area contributed by atoms with Crippen LogP contribution in [0.3, 0.4) is 0 Å². The monoisotopic (exact) mass is 413 g/mol. The van der Waals surface area contributed by atoms with Gasteiger partial charge in [-0.2, -0.15) is 0 Å². The van der Waals surface area contributed by atoms with Crippen LogP contribution in [0.25, 0.3) is 10.7 Å². The fourth-order valence-corrected chi connectivity index (χ4v) is 4.52. The Labute approximate surface area is 172 Å². The van der Waals surface area contributed by atoms with Gasteiger partial charge in [-0.25, -0.2) is 4.98 Å². The van der Waals surface area contributed by atoms with Gasteiger partial charge in [0, 0.05) is 24.4 Å². The summed E-state index contributed by atoms with van der Waals surface area (Å²) < 4.78 is 5.55. The first kappa shape index (κ1) is 19.1. The molecule has 28 heavy (non-hydrogen) atoms. The first-order valence-electron chi connectivity index (χ1n) is 9.12. The number of hydrogen-bond donors (Lipinski definition) is 1. The number of amides is 1. The maximum atomic E-state index is 13.2. The SMILES string of the molecule is Cc1nc(-c2ccccn2)sc1C(=O)NC1(c2ccc(Cl)cc2)CCOCC1. The molecule has 1 aliphatic heterocycles. The Bertz CT molecular complexity index is 967. The van der Waals surface area contributed by atoms with Crippen LogP contribution in [0, 0.1) is 6.92 Å². The lowest BCUT2D eigenvalue weighted by molar-refractivity contribution is 0.0346. The molecule has 0 radical (unpaired) electrons. The molecule has 0 aliphatic carbocycles. The van der Waals surface area contributed by atoms with Gasteiger partial charge in [0.15, 0.2) is 0 Å². The van der Waals surface area contributed by atoms with E-state index in [9.17, 15) is 4.79 Å². The molecule has 1 amide bonds. The van der Waals surface area contributed by atoms with Crippen LogP contribution >= 0.6 is 22.9 Å². The molecular formula is C21H20ClN3O2S. The van der Waals surface area contributed by atoms with E-state index in [1.807, 2.05) is 49.4 Å². The van der Waals surface area contributed by atoms with Crippen LogP contribution in [0.2, 0.25) is 5.02 Å². The highest BCUT2D eigenvalue weighted by molar-refractivity contribution is 7.17. The number of halogens is 1. The minimum Gasteiger partial charge on any atom is -0.381 e. The van der Waals surface area contributed by atoms with Gasteiger partial charge in [-0.1, -0.05) is 29.8 Å². The molecule has 1 saturated heterocycles. The minimum absolute atomic E-state index is 0.117. The molecule has 3 heterocycles. The van der Waals surface area contributed by atoms with Crippen molar-refractivity contribution in [1.29, 1.82) is 0 Å². The Hall–Kier alpha value is -2.28. The molecule has 0 unspecified atom stereocenters. The van der Waals surface area contributed by atoms with E-state index in [-0.39, 0.29) is 5.91 Å². The second kappa shape index (κ2) is 7.99. The van der Waals surface area contributed by atoms with E-state index < -0.39 is 5.54 Å². The number of nitrogens with one attached hydrogen (secondary N) is 1. The standard InChI is InChI=1S/C21H20ClN3O2S/c1-14-18(28-20(24-14)17-4-2-3-11-23-17)19(26)25-21(9-12-27-13-10-21)15-5-7-16(22)8-6-15/h2-8,11H,9-10,12-13H2,1H3,(H,25,26). The fraction of sp³-hybridized carbons (Fsp3) is 0.286. The molecule has 0 spiro atoms. The summed E-state index contributed by atoms with van der Waals surface area (Å²) >= 11 is 7.42. The summed E-state index contributed by atoms with van der Waals surface area (Å²) in [7, 11) is 0. The molecule has 0 saturated carbocycles. The van der Waals surface area contributed by atoms with E-state index in [2.05, 4.69) is 15.3 Å². The highest BCUT2D eigenvalue weighted by Crippen LogP contribution is 2.34. The van der Waals surface area contributed by atoms with Gasteiger partial charge in [-0.15, -0.1) is 11.3 Å². The van der Waals surface area contributed by atoms with Gasteiger partial charge in [-0.05, 0) is 49.6 Å². The minimum atomic E-state index is -0.471. The van der Waals surface area contributed by atoms with Crippen LogP contribution in [0.5, 0.6) is 0 Å². The summed E-state index contributed by atoms with van der Waals surface area (Å²) in [4.78, 5) is 22.7. The number of carbonyl (C=O) groups is 1. The highest BCUT2D eigenvalue weighted by Gasteiger charge is 2.37. The Kier molecular flexibility index (Phi) is 5.44. The summed E-state index contributed by atoms with van der Waals surface area (Å²) in [5.74, 6) is -0.117. The molecule has 3 aromatic rings. The predicted octanol–water partition coefficient (Wildman–Crippen LogP) is 4.60. The van der Waals surface area contributed by atoms with Crippen LogP contribution in [0.1, 0.15) is 33.8 Å². The van der Waals surface area contributed by atoms with Gasteiger partial charge < -0.3 is 10.1 Å². The van der Waals surface area contributed by atoms with Crippen molar-refractivity contribution in [2.75, 3.05) is 13.2 Å². The summed E-state index contributed by atoms with van der Waals surface area (Å²) in [5.41, 5.74) is 2.05. The molecule has 7 heteroatoms. The van der Waals surface area contributed by atoms with Crippen LogP contribution in [-0.4, -0.2) is 29.1 Å². The molecule has 4 rings (SSSR count). The molecule has 1 aromatic carbocycles. The predicted molar refractivity (Wildman–Crippen MR) is 111 cm³/mol. The van der Waals surface area contributed by atoms with E-state index in [0.717, 1.165) is 16.3 Å². The van der Waals surface area contributed by atoms with Gasteiger partial charge in [-0.3, -0.25) is 9.78 Å². The Balaban J connectivity index is 1.63. The van der Waals surface area contributed by atoms with Crippen molar-refractivity contribution in [2.45, 2.75) is 25.3 Å². The van der Waals surface area contributed by atoms with Gasteiger partial charge in [0.1, 0.15) is 9.88 Å². The first-order valence-corrected chi connectivity index (χ1v) is 10.3. The number of carbonyl (C=O) groups excluding carboxylic acids is 1. The lowest BCUT2D eigenvalue weighted by Gasteiger charge is -2.38. The molecule has 0 bridgehead atoms. The van der Waals surface area contributed by atoms with Crippen molar-refractivity contribution in [2.24, 2.45) is 0 Å². The van der Waals surface area contributed by atoms with Crippen molar-refractivity contribution in [1.82, 2.24) is 15.3 Å². The van der Waals surface area contributed by atoms with Crippen LogP contribution in [0.15, 0.2) is 48.7 Å². The lowest BCUT2D eigenvalue weighted by Crippen LogP contribution is -2.49. The second-order valence-electron chi connectivity index (χ2n) is 6.80. The molecule has 1 N–H and O–H groups in total. The quantitative estimate of drug-likeness (QED) is 0.678. The number of nitrogens with zero attached hydrogens (tertiary/aromatic N) is 2. The third-order valence-corrected chi connectivity index (χ3v) is 6.41. The average molecular weight is 414 g/mol. The lowest BCUT2D eigenvalue weighted by atomic mass is 9.82. The molecule has 1 aliphatic rings. The molecule has 144 valence electrons. The number of ether oxygens (including phenoxy) is 1. The van der Waals surface area contributed by atoms with Gasteiger partial charge in [0.25, 0.3) is 5.91 Å². The first-order chi connectivity index (χ1) is 13.6. The Morgan fingerprint density at radius 1 is 1.18 bits per heavy atom. The van der Waals surface area contributed by atoms with E-state index in [0.29, 0.717) is 41.6 Å². The van der Waals surface area contributed by atoms with Crippen LogP contribution in [0.4, 0.5) is 0 Å². The number of thiazole rings is 1. The third-order valence-electron chi connectivity index (χ3n) is 4.98. The van der Waals surface area contributed by atoms with Crippen molar-refractivity contribution >= 4 is 28.8 Å². The van der Waals surface area contributed by atoms with E-state index >= 15 is 0 Å². The zero-order valence-electron chi connectivity index (χ0n) is 15.4. The number of benzene rings is 1. The maximum absolute atomic E-state index is 13.2. The van der Waals surface area contributed by atoms with Crippen molar-refractivity contribution in [3.05, 3.63) is 69.8 Å². The Morgan fingerprint density at radius 3 is 2.61 bits per heavy atom. The van der Waals surface area contributed by atoms with Crippen molar-refractivity contribution < 1.29 is 9.53 Å². The van der Waals surface area contributed by atoms with Crippen LogP contribution < -0.4 is 5.32 Å². The summed E-state index contributed by atoms with van der Waals surface area (Å²) in [5, 5.41) is 4.70. The molecule has 1 fully saturated rings. The second-order valence-corrected chi connectivity index (χ2v) is 8.24. The zero-order valence-corrected chi connectivity index (χ0v) is 17.0. The number of aryl methyl sites for hydroxylation is 1. The molecule has 5 nitrogen and oxygen atoms in total. The highest BCUT2D eigenvalue weighted by atomic mass is 35.5. The normalized spacial score (nSPS) is 15.9. The van der Waals surface area contributed by atoms with Crippen LogP contribution in [-0.2, 0) is 10.3 Å². The van der Waals surface area contributed by atoms with Gasteiger partial charge in [0.2, 0.25) is 0 Å². The molecular weight excluding hydrogens is 394 g/mol. The van der Waals surface area contributed by atoms with E-state index in [1.54, 1.807) is 6.20 Å².